The third kappa shape index (κ3) is 23.5. The summed E-state index contributed by atoms with van der Waals surface area (Å²) in [7, 11) is 0. The molecular weight excluding hydrogens is 344 g/mol. The maximum absolute atomic E-state index is 11.7. The first kappa shape index (κ1) is 27.4. The third-order valence-electron chi connectivity index (χ3n) is 5.60. The van der Waals surface area contributed by atoms with Crippen LogP contribution in [0, 0.1) is 0 Å². The molecule has 0 aliphatic heterocycles. The summed E-state index contributed by atoms with van der Waals surface area (Å²) < 4.78 is 0. The normalized spacial score (nSPS) is 11.1. The number of hydrogen-bond donors (Lipinski definition) is 2. The zero-order valence-corrected chi connectivity index (χ0v) is 19.5. The van der Waals surface area contributed by atoms with E-state index in [0.29, 0.717) is 6.54 Å². The predicted molar refractivity (Wildman–Crippen MR) is 125 cm³/mol. The Bertz CT molecular complexity index is 307. The molecule has 2 N–H and O–H groups in total. The molecule has 1 amide bonds. The summed E-state index contributed by atoms with van der Waals surface area (Å²) in [6.45, 7) is 6.81. The molecule has 0 unspecified atom stereocenters. The third-order valence-corrected chi connectivity index (χ3v) is 5.60. The van der Waals surface area contributed by atoms with Gasteiger partial charge >= 0.3 is 0 Å². The minimum absolute atomic E-state index is 0.156. The molecule has 0 spiro atoms. The Morgan fingerprint density at radius 1 is 0.500 bits per heavy atom. The first-order chi connectivity index (χ1) is 13.8. The van der Waals surface area contributed by atoms with E-state index in [1.807, 2.05) is 0 Å². The minimum Gasteiger partial charge on any atom is -0.355 e. The van der Waals surface area contributed by atoms with Crippen LogP contribution in [0.1, 0.15) is 136 Å². The van der Waals surface area contributed by atoms with Gasteiger partial charge in [-0.1, -0.05) is 123 Å². The Morgan fingerprint density at radius 3 is 1.29 bits per heavy atom. The number of rotatable bonds is 23. The molecule has 0 saturated heterocycles. The van der Waals surface area contributed by atoms with Crippen molar-refractivity contribution in [2.45, 2.75) is 136 Å². The van der Waals surface area contributed by atoms with E-state index in [1.165, 1.54) is 116 Å². The van der Waals surface area contributed by atoms with Crippen molar-refractivity contribution in [3.8, 4) is 0 Å². The Labute approximate surface area is 177 Å². The molecule has 0 radical (unpaired) electrons. The fourth-order valence-electron chi connectivity index (χ4n) is 3.67. The first-order valence-corrected chi connectivity index (χ1v) is 12.8. The van der Waals surface area contributed by atoms with Gasteiger partial charge in [0.25, 0.3) is 0 Å². The average Bonchev–Trinajstić information content (AvgIpc) is 2.70. The Kier molecular flexibility index (Phi) is 24.0. The van der Waals surface area contributed by atoms with Crippen molar-refractivity contribution in [1.29, 1.82) is 0 Å². The molecule has 0 aromatic rings. The lowest BCUT2D eigenvalue weighted by molar-refractivity contribution is -0.120. The van der Waals surface area contributed by atoms with E-state index < -0.39 is 0 Å². The Balaban J connectivity index is 3.11. The average molecular weight is 397 g/mol. The van der Waals surface area contributed by atoms with Crippen LogP contribution in [0.4, 0.5) is 0 Å². The minimum atomic E-state index is 0.156. The number of carbonyl (C=O) groups excluding carboxylic acids is 1. The molecule has 0 aromatic carbocycles. The van der Waals surface area contributed by atoms with E-state index in [9.17, 15) is 4.79 Å². The van der Waals surface area contributed by atoms with Crippen molar-refractivity contribution in [3.05, 3.63) is 0 Å². The molecule has 0 heterocycles. The number of hydrogen-bond acceptors (Lipinski definition) is 2. The van der Waals surface area contributed by atoms with Crippen LogP contribution in [0.2, 0.25) is 0 Å². The summed E-state index contributed by atoms with van der Waals surface area (Å²) in [6, 6.07) is 0. The molecule has 3 nitrogen and oxygen atoms in total. The van der Waals surface area contributed by atoms with Gasteiger partial charge in [-0.05, 0) is 19.4 Å². The van der Waals surface area contributed by atoms with Gasteiger partial charge < -0.3 is 10.6 Å². The molecule has 0 atom stereocenters. The van der Waals surface area contributed by atoms with E-state index in [1.54, 1.807) is 0 Å². The quantitative estimate of drug-likeness (QED) is 0.180. The predicted octanol–water partition coefficient (Wildman–Crippen LogP) is 7.14. The molecule has 168 valence electrons. The summed E-state index contributed by atoms with van der Waals surface area (Å²) in [4.78, 5) is 11.7. The molecule has 0 saturated carbocycles. The fourth-order valence-corrected chi connectivity index (χ4v) is 3.67. The van der Waals surface area contributed by atoms with Gasteiger partial charge in [0.15, 0.2) is 0 Å². The van der Waals surface area contributed by atoms with Gasteiger partial charge in [-0.15, -0.1) is 0 Å². The molecule has 0 fully saturated rings. The van der Waals surface area contributed by atoms with Gasteiger partial charge in [-0.3, -0.25) is 4.79 Å². The molecule has 0 rings (SSSR count). The highest BCUT2D eigenvalue weighted by Gasteiger charge is 1.99. The SMILES string of the molecule is CCCCCCCCCCCCCCCCNC(=O)CNCCCCCCC. The topological polar surface area (TPSA) is 41.1 Å². The van der Waals surface area contributed by atoms with E-state index >= 15 is 0 Å². The van der Waals surface area contributed by atoms with Crippen LogP contribution in [0.15, 0.2) is 0 Å². The summed E-state index contributed by atoms with van der Waals surface area (Å²) >= 11 is 0. The second kappa shape index (κ2) is 24.5. The number of nitrogens with one attached hydrogen (secondary N) is 2. The van der Waals surface area contributed by atoms with E-state index in [4.69, 9.17) is 0 Å². The van der Waals surface area contributed by atoms with E-state index in [2.05, 4.69) is 24.5 Å². The van der Waals surface area contributed by atoms with Crippen molar-refractivity contribution < 1.29 is 4.79 Å². The van der Waals surface area contributed by atoms with Crippen LogP contribution >= 0.6 is 0 Å². The summed E-state index contributed by atoms with van der Waals surface area (Å²) in [6.07, 6.45) is 25.7. The van der Waals surface area contributed by atoms with Crippen LogP contribution in [0.3, 0.4) is 0 Å². The molecule has 3 heteroatoms. The second-order valence-corrected chi connectivity index (χ2v) is 8.54. The van der Waals surface area contributed by atoms with Gasteiger partial charge in [0.1, 0.15) is 0 Å². The maximum Gasteiger partial charge on any atom is 0.233 e. The van der Waals surface area contributed by atoms with Crippen LogP contribution < -0.4 is 10.6 Å². The summed E-state index contributed by atoms with van der Waals surface area (Å²) in [5.41, 5.74) is 0. The van der Waals surface area contributed by atoms with Crippen molar-refractivity contribution in [1.82, 2.24) is 10.6 Å². The van der Waals surface area contributed by atoms with Crippen LogP contribution in [0.25, 0.3) is 0 Å². The smallest absolute Gasteiger partial charge is 0.233 e. The van der Waals surface area contributed by atoms with Crippen LogP contribution in [-0.4, -0.2) is 25.5 Å². The van der Waals surface area contributed by atoms with Crippen molar-refractivity contribution >= 4 is 5.91 Å². The Hall–Kier alpha value is -0.570. The fraction of sp³-hybridized carbons (Fsp3) is 0.960. The zero-order chi connectivity index (χ0) is 20.5. The number of carbonyl (C=O) groups is 1. The lowest BCUT2D eigenvalue weighted by Gasteiger charge is -2.07. The molecule has 0 aliphatic carbocycles. The molecular formula is C25H52N2O. The molecule has 0 aliphatic rings. The Morgan fingerprint density at radius 2 is 0.857 bits per heavy atom. The summed E-state index contributed by atoms with van der Waals surface area (Å²) in [5, 5.41) is 6.29. The highest BCUT2D eigenvalue weighted by molar-refractivity contribution is 5.77. The number of unbranched alkanes of at least 4 members (excludes halogenated alkanes) is 17. The van der Waals surface area contributed by atoms with Gasteiger partial charge in [0, 0.05) is 6.54 Å². The van der Waals surface area contributed by atoms with Gasteiger partial charge in [0.2, 0.25) is 5.91 Å². The van der Waals surface area contributed by atoms with Gasteiger partial charge in [0.05, 0.1) is 6.54 Å². The standard InChI is InChI=1S/C25H52N2O/c1-3-5-7-9-10-11-12-13-14-15-16-17-19-21-23-27-25(28)24-26-22-20-18-8-6-4-2/h26H,3-24H2,1-2H3,(H,27,28). The second-order valence-electron chi connectivity index (χ2n) is 8.54. The highest BCUT2D eigenvalue weighted by Crippen LogP contribution is 2.12. The lowest BCUT2D eigenvalue weighted by atomic mass is 10.0. The van der Waals surface area contributed by atoms with Crippen molar-refractivity contribution in [2.24, 2.45) is 0 Å². The maximum atomic E-state index is 11.7. The van der Waals surface area contributed by atoms with Gasteiger partial charge in [-0.25, -0.2) is 0 Å². The van der Waals surface area contributed by atoms with Gasteiger partial charge in [-0.2, -0.15) is 0 Å². The highest BCUT2D eigenvalue weighted by atomic mass is 16.1. The molecule has 28 heavy (non-hydrogen) atoms. The van der Waals surface area contributed by atoms with Crippen LogP contribution in [-0.2, 0) is 4.79 Å². The van der Waals surface area contributed by atoms with Crippen LogP contribution in [0.5, 0.6) is 0 Å². The zero-order valence-electron chi connectivity index (χ0n) is 19.5. The van der Waals surface area contributed by atoms with Crippen molar-refractivity contribution in [2.75, 3.05) is 19.6 Å². The lowest BCUT2D eigenvalue weighted by Crippen LogP contribution is -2.34. The van der Waals surface area contributed by atoms with Crippen molar-refractivity contribution in [3.63, 3.8) is 0 Å². The first-order valence-electron chi connectivity index (χ1n) is 12.8. The molecule has 0 bridgehead atoms. The van der Waals surface area contributed by atoms with E-state index in [0.717, 1.165) is 19.5 Å². The van der Waals surface area contributed by atoms with E-state index in [-0.39, 0.29) is 5.91 Å². The monoisotopic (exact) mass is 396 g/mol. The summed E-state index contributed by atoms with van der Waals surface area (Å²) in [5.74, 6) is 0.156. The number of amides is 1. The largest absolute Gasteiger partial charge is 0.355 e. The molecule has 0 aromatic heterocycles.